The van der Waals surface area contributed by atoms with Crippen molar-refractivity contribution in [3.63, 3.8) is 0 Å². The number of piperazine rings is 1. The molecule has 0 aromatic rings. The molecular weight excluding hydrogens is 216 g/mol. The molecule has 0 spiro atoms. The maximum atomic E-state index is 12.2. The molecule has 2 amide bonds. The first-order chi connectivity index (χ1) is 8.18. The van der Waals surface area contributed by atoms with Crippen LogP contribution in [0.4, 0.5) is 4.79 Å². The van der Waals surface area contributed by atoms with Gasteiger partial charge in [0, 0.05) is 45.3 Å². The Morgan fingerprint density at radius 1 is 1.06 bits per heavy atom. The smallest absolute Gasteiger partial charge is 0.320 e. The summed E-state index contributed by atoms with van der Waals surface area (Å²) in [6, 6.07) is 0.880. The van der Waals surface area contributed by atoms with Crippen molar-refractivity contribution in [2.75, 3.05) is 53.4 Å². The molecule has 0 aromatic carbocycles. The first-order valence-electron chi connectivity index (χ1n) is 6.59. The van der Waals surface area contributed by atoms with Crippen LogP contribution in [0.3, 0.4) is 0 Å². The third-order valence-corrected chi connectivity index (χ3v) is 3.85. The zero-order valence-electron chi connectivity index (χ0n) is 11.0. The van der Waals surface area contributed by atoms with E-state index in [1.165, 1.54) is 0 Å². The van der Waals surface area contributed by atoms with Crippen molar-refractivity contribution in [3.8, 4) is 0 Å². The van der Waals surface area contributed by atoms with Gasteiger partial charge in [-0.3, -0.25) is 0 Å². The van der Waals surface area contributed by atoms with Crippen molar-refractivity contribution >= 4 is 6.03 Å². The molecule has 0 atom stereocenters. The lowest BCUT2D eigenvalue weighted by atomic mass is 10.0. The highest BCUT2D eigenvalue weighted by Gasteiger charge is 2.27. The predicted octanol–water partition coefficient (Wildman–Crippen LogP) is 0.0376. The van der Waals surface area contributed by atoms with E-state index in [9.17, 15) is 4.79 Å². The van der Waals surface area contributed by atoms with E-state index in [1.54, 1.807) is 0 Å². The lowest BCUT2D eigenvalue weighted by Crippen LogP contribution is -2.54. The first-order valence-corrected chi connectivity index (χ1v) is 6.59. The van der Waals surface area contributed by atoms with Gasteiger partial charge in [-0.25, -0.2) is 4.79 Å². The van der Waals surface area contributed by atoms with Crippen LogP contribution in [0.2, 0.25) is 0 Å². The number of carbonyl (C=O) groups is 1. The van der Waals surface area contributed by atoms with Gasteiger partial charge in [-0.05, 0) is 26.9 Å². The summed E-state index contributed by atoms with van der Waals surface area (Å²) in [5.74, 6) is 0. The van der Waals surface area contributed by atoms with Crippen molar-refractivity contribution < 1.29 is 4.79 Å². The predicted molar refractivity (Wildman–Crippen MR) is 68.1 cm³/mol. The van der Waals surface area contributed by atoms with Crippen LogP contribution in [-0.2, 0) is 0 Å². The monoisotopic (exact) mass is 240 g/mol. The fourth-order valence-corrected chi connectivity index (χ4v) is 2.63. The molecule has 2 heterocycles. The van der Waals surface area contributed by atoms with E-state index in [4.69, 9.17) is 0 Å². The SMILES string of the molecule is CN(C)C1CCN(C(=O)N2CCNCC2)CC1. The summed E-state index contributed by atoms with van der Waals surface area (Å²) in [6.45, 7) is 5.38. The minimum atomic E-state index is 0.240. The molecule has 2 aliphatic heterocycles. The molecule has 5 nitrogen and oxygen atoms in total. The minimum Gasteiger partial charge on any atom is -0.325 e. The van der Waals surface area contributed by atoms with Gasteiger partial charge in [0.2, 0.25) is 0 Å². The summed E-state index contributed by atoms with van der Waals surface area (Å²) in [7, 11) is 4.25. The molecule has 0 aliphatic carbocycles. The lowest BCUT2D eigenvalue weighted by Gasteiger charge is -2.38. The number of likely N-dealkylation sites (tertiary alicyclic amines) is 1. The summed E-state index contributed by atoms with van der Waals surface area (Å²) in [4.78, 5) is 18.5. The molecule has 2 saturated heterocycles. The molecular formula is C12H24N4O. The van der Waals surface area contributed by atoms with Crippen molar-refractivity contribution in [2.45, 2.75) is 18.9 Å². The van der Waals surface area contributed by atoms with Gasteiger partial charge in [0.25, 0.3) is 0 Å². The number of nitrogens with zero attached hydrogens (tertiary/aromatic N) is 3. The van der Waals surface area contributed by atoms with Crippen LogP contribution in [0.15, 0.2) is 0 Å². The van der Waals surface area contributed by atoms with Gasteiger partial charge in [0.15, 0.2) is 0 Å². The number of hydrogen-bond acceptors (Lipinski definition) is 3. The van der Waals surface area contributed by atoms with E-state index in [0.29, 0.717) is 6.04 Å². The Bertz CT molecular complexity index is 255. The van der Waals surface area contributed by atoms with Crippen LogP contribution in [0.5, 0.6) is 0 Å². The van der Waals surface area contributed by atoms with Gasteiger partial charge in [-0.2, -0.15) is 0 Å². The van der Waals surface area contributed by atoms with Crippen LogP contribution in [0.25, 0.3) is 0 Å². The third-order valence-electron chi connectivity index (χ3n) is 3.85. The number of nitrogens with one attached hydrogen (secondary N) is 1. The molecule has 98 valence electrons. The number of carbonyl (C=O) groups excluding carboxylic acids is 1. The van der Waals surface area contributed by atoms with Crippen molar-refractivity contribution in [3.05, 3.63) is 0 Å². The highest BCUT2D eigenvalue weighted by atomic mass is 16.2. The zero-order chi connectivity index (χ0) is 12.3. The number of rotatable bonds is 1. The van der Waals surface area contributed by atoms with Crippen molar-refractivity contribution in [2.24, 2.45) is 0 Å². The van der Waals surface area contributed by atoms with Gasteiger partial charge < -0.3 is 20.0 Å². The van der Waals surface area contributed by atoms with E-state index in [2.05, 4.69) is 24.3 Å². The van der Waals surface area contributed by atoms with Crippen LogP contribution in [0, 0.1) is 0 Å². The topological polar surface area (TPSA) is 38.8 Å². The van der Waals surface area contributed by atoms with Crippen molar-refractivity contribution in [1.82, 2.24) is 20.0 Å². The minimum absolute atomic E-state index is 0.240. The number of amides is 2. The molecule has 17 heavy (non-hydrogen) atoms. The molecule has 0 bridgehead atoms. The maximum absolute atomic E-state index is 12.2. The fourth-order valence-electron chi connectivity index (χ4n) is 2.63. The highest BCUT2D eigenvalue weighted by Crippen LogP contribution is 2.15. The normalized spacial score (nSPS) is 23.2. The molecule has 2 rings (SSSR count). The number of urea groups is 1. The van der Waals surface area contributed by atoms with Crippen LogP contribution in [-0.4, -0.2) is 80.1 Å². The molecule has 5 heteroatoms. The van der Waals surface area contributed by atoms with E-state index >= 15 is 0 Å². The van der Waals surface area contributed by atoms with Gasteiger partial charge in [0.1, 0.15) is 0 Å². The second kappa shape index (κ2) is 5.69. The molecule has 0 aromatic heterocycles. The highest BCUT2D eigenvalue weighted by molar-refractivity contribution is 5.74. The second-order valence-electron chi connectivity index (χ2n) is 5.20. The van der Waals surface area contributed by atoms with Gasteiger partial charge in [0.05, 0.1) is 0 Å². The Labute approximate surface area is 104 Å². The molecule has 2 aliphatic rings. The van der Waals surface area contributed by atoms with Crippen LogP contribution >= 0.6 is 0 Å². The fraction of sp³-hybridized carbons (Fsp3) is 0.917. The standard InChI is InChI=1S/C12H24N4O/c1-14(2)11-3-7-15(8-4-11)12(17)16-9-5-13-6-10-16/h11,13H,3-10H2,1-2H3. The molecule has 0 unspecified atom stereocenters. The number of hydrogen-bond donors (Lipinski definition) is 1. The summed E-state index contributed by atoms with van der Waals surface area (Å²) in [6.07, 6.45) is 2.20. The summed E-state index contributed by atoms with van der Waals surface area (Å²) < 4.78 is 0. The zero-order valence-corrected chi connectivity index (χ0v) is 11.0. The quantitative estimate of drug-likeness (QED) is 0.703. The molecule has 2 fully saturated rings. The Balaban J connectivity index is 1.81. The molecule has 0 radical (unpaired) electrons. The van der Waals surface area contributed by atoms with E-state index in [-0.39, 0.29) is 6.03 Å². The molecule has 1 N–H and O–H groups in total. The Morgan fingerprint density at radius 2 is 1.59 bits per heavy atom. The largest absolute Gasteiger partial charge is 0.325 e. The summed E-state index contributed by atoms with van der Waals surface area (Å²) in [5.41, 5.74) is 0. The summed E-state index contributed by atoms with van der Waals surface area (Å²) >= 11 is 0. The third kappa shape index (κ3) is 3.10. The van der Waals surface area contributed by atoms with Gasteiger partial charge in [-0.1, -0.05) is 0 Å². The first kappa shape index (κ1) is 12.6. The average Bonchev–Trinajstić information content (AvgIpc) is 2.39. The number of piperidine rings is 1. The molecule has 0 saturated carbocycles. The van der Waals surface area contributed by atoms with E-state index in [0.717, 1.165) is 52.1 Å². The van der Waals surface area contributed by atoms with Crippen LogP contribution < -0.4 is 5.32 Å². The lowest BCUT2D eigenvalue weighted by molar-refractivity contribution is 0.116. The summed E-state index contributed by atoms with van der Waals surface area (Å²) in [5, 5.41) is 3.28. The van der Waals surface area contributed by atoms with Crippen LogP contribution in [0.1, 0.15) is 12.8 Å². The van der Waals surface area contributed by atoms with Gasteiger partial charge >= 0.3 is 6.03 Å². The van der Waals surface area contributed by atoms with E-state index in [1.807, 2.05) is 9.80 Å². The Morgan fingerprint density at radius 3 is 2.12 bits per heavy atom. The maximum Gasteiger partial charge on any atom is 0.320 e. The van der Waals surface area contributed by atoms with Gasteiger partial charge in [-0.15, -0.1) is 0 Å². The van der Waals surface area contributed by atoms with E-state index < -0.39 is 0 Å². The van der Waals surface area contributed by atoms with Crippen molar-refractivity contribution in [1.29, 1.82) is 0 Å². The average molecular weight is 240 g/mol. The Hall–Kier alpha value is -0.810. The Kier molecular flexibility index (Phi) is 4.23. The second-order valence-corrected chi connectivity index (χ2v) is 5.20.